The van der Waals surface area contributed by atoms with Crippen LogP contribution in [0.25, 0.3) is 10.9 Å². The molecule has 4 rings (SSSR count). The normalized spacial score (nSPS) is 20.2. The first-order valence-electron chi connectivity index (χ1n) is 10.1. The first-order valence-corrected chi connectivity index (χ1v) is 10.1. The van der Waals surface area contributed by atoms with Crippen LogP contribution in [0.3, 0.4) is 0 Å². The summed E-state index contributed by atoms with van der Waals surface area (Å²) in [7, 11) is 0. The Morgan fingerprint density at radius 1 is 1.33 bits per heavy atom. The van der Waals surface area contributed by atoms with E-state index >= 15 is 0 Å². The van der Waals surface area contributed by atoms with E-state index in [4.69, 9.17) is 9.72 Å². The number of fused-ring (bicyclic) bond motifs is 2. The lowest BCUT2D eigenvalue weighted by atomic mass is 10.0. The quantitative estimate of drug-likeness (QED) is 0.883. The van der Waals surface area contributed by atoms with E-state index in [-0.39, 0.29) is 12.0 Å². The average molecular weight is 367 g/mol. The molecule has 0 bridgehead atoms. The molecule has 1 N–H and O–H groups in total. The number of benzene rings is 1. The van der Waals surface area contributed by atoms with Crippen molar-refractivity contribution in [3.05, 3.63) is 41.1 Å². The Hall–Kier alpha value is -1.98. The summed E-state index contributed by atoms with van der Waals surface area (Å²) < 4.78 is 5.89. The number of amides is 1. The summed E-state index contributed by atoms with van der Waals surface area (Å²) in [6.45, 7) is 8.71. The highest BCUT2D eigenvalue weighted by Gasteiger charge is 2.25. The molecule has 5 nitrogen and oxygen atoms in total. The van der Waals surface area contributed by atoms with Crippen LogP contribution in [0.2, 0.25) is 0 Å². The number of hydrogen-bond acceptors (Lipinski definition) is 4. The van der Waals surface area contributed by atoms with Gasteiger partial charge in [-0.2, -0.15) is 0 Å². The minimum atomic E-state index is 0.0105. The van der Waals surface area contributed by atoms with Crippen molar-refractivity contribution < 1.29 is 9.53 Å². The fourth-order valence-electron chi connectivity index (χ4n) is 4.35. The number of hydrogen-bond donors (Lipinski definition) is 1. The Kier molecular flexibility index (Phi) is 5.41. The molecule has 1 atom stereocenters. The second-order valence-electron chi connectivity index (χ2n) is 8.14. The molecule has 1 fully saturated rings. The van der Waals surface area contributed by atoms with Crippen molar-refractivity contribution in [1.82, 2.24) is 15.2 Å². The third kappa shape index (κ3) is 3.99. The SMILES string of the molecule is CC(C)CN1CCOC(CNC(=O)c2c3c(nc4ccccc24)CCC3)C1. The zero-order chi connectivity index (χ0) is 18.8. The maximum Gasteiger partial charge on any atom is 0.252 e. The van der Waals surface area contributed by atoms with Gasteiger partial charge in [0.1, 0.15) is 0 Å². The summed E-state index contributed by atoms with van der Waals surface area (Å²) >= 11 is 0. The van der Waals surface area contributed by atoms with Crippen molar-refractivity contribution in [3.8, 4) is 0 Å². The van der Waals surface area contributed by atoms with Gasteiger partial charge in [0.2, 0.25) is 0 Å². The number of carbonyl (C=O) groups excluding carboxylic acids is 1. The standard InChI is InChI=1S/C22H29N3O2/c1-15(2)13-25-10-11-27-16(14-25)12-23-22(26)21-17-6-3-4-8-19(17)24-20-9-5-7-18(20)21/h3-4,6,8,15-16H,5,7,9-14H2,1-2H3,(H,23,26). The van der Waals surface area contributed by atoms with Crippen LogP contribution in [0, 0.1) is 5.92 Å². The minimum absolute atomic E-state index is 0.0105. The van der Waals surface area contributed by atoms with E-state index in [0.29, 0.717) is 12.5 Å². The molecular weight excluding hydrogens is 338 g/mol. The molecule has 1 aliphatic heterocycles. The number of carbonyl (C=O) groups is 1. The van der Waals surface area contributed by atoms with Crippen LogP contribution in [-0.2, 0) is 17.6 Å². The Morgan fingerprint density at radius 3 is 3.04 bits per heavy atom. The topological polar surface area (TPSA) is 54.5 Å². The van der Waals surface area contributed by atoms with Gasteiger partial charge in [-0.15, -0.1) is 0 Å². The second-order valence-corrected chi connectivity index (χ2v) is 8.14. The predicted molar refractivity (Wildman–Crippen MR) is 107 cm³/mol. The molecule has 1 amide bonds. The Bertz CT molecular complexity index is 834. The van der Waals surface area contributed by atoms with E-state index in [1.165, 1.54) is 0 Å². The summed E-state index contributed by atoms with van der Waals surface area (Å²) in [5.74, 6) is 0.653. The molecule has 144 valence electrons. The summed E-state index contributed by atoms with van der Waals surface area (Å²) in [4.78, 5) is 20.3. The molecule has 0 saturated carbocycles. The number of pyridine rings is 1. The highest BCUT2D eigenvalue weighted by atomic mass is 16.5. The monoisotopic (exact) mass is 367 g/mol. The van der Waals surface area contributed by atoms with Crippen LogP contribution >= 0.6 is 0 Å². The van der Waals surface area contributed by atoms with Gasteiger partial charge < -0.3 is 10.1 Å². The lowest BCUT2D eigenvalue weighted by Gasteiger charge is -2.34. The van der Waals surface area contributed by atoms with E-state index in [1.807, 2.05) is 24.3 Å². The Balaban J connectivity index is 1.49. The predicted octanol–water partition coefficient (Wildman–Crippen LogP) is 2.81. The molecule has 5 heteroatoms. The summed E-state index contributed by atoms with van der Waals surface area (Å²) in [5.41, 5.74) is 3.97. The van der Waals surface area contributed by atoms with Crippen molar-refractivity contribution in [2.75, 3.05) is 32.8 Å². The van der Waals surface area contributed by atoms with Crippen LogP contribution < -0.4 is 5.32 Å². The number of ether oxygens (including phenoxy) is 1. The highest BCUT2D eigenvalue weighted by Crippen LogP contribution is 2.29. The molecule has 27 heavy (non-hydrogen) atoms. The van der Waals surface area contributed by atoms with Crippen molar-refractivity contribution >= 4 is 16.8 Å². The number of aryl methyl sites for hydroxylation is 1. The van der Waals surface area contributed by atoms with Crippen LogP contribution in [0.4, 0.5) is 0 Å². The first kappa shape index (κ1) is 18.4. The molecule has 2 aromatic rings. The Morgan fingerprint density at radius 2 is 2.19 bits per heavy atom. The molecule has 1 unspecified atom stereocenters. The summed E-state index contributed by atoms with van der Waals surface area (Å²) in [5, 5.41) is 4.11. The Labute approximate surface area is 161 Å². The van der Waals surface area contributed by atoms with Gasteiger partial charge in [0, 0.05) is 37.3 Å². The van der Waals surface area contributed by atoms with Gasteiger partial charge in [0.15, 0.2) is 0 Å². The van der Waals surface area contributed by atoms with Gasteiger partial charge in [-0.3, -0.25) is 14.7 Å². The fourth-order valence-corrected chi connectivity index (χ4v) is 4.35. The van der Waals surface area contributed by atoms with Crippen LogP contribution in [0.15, 0.2) is 24.3 Å². The number of nitrogens with zero attached hydrogens (tertiary/aromatic N) is 2. The van der Waals surface area contributed by atoms with Gasteiger partial charge in [-0.1, -0.05) is 32.0 Å². The zero-order valence-corrected chi connectivity index (χ0v) is 16.3. The van der Waals surface area contributed by atoms with Crippen molar-refractivity contribution in [2.45, 2.75) is 39.2 Å². The average Bonchev–Trinajstić information content (AvgIpc) is 3.12. The van der Waals surface area contributed by atoms with Gasteiger partial charge in [0.25, 0.3) is 5.91 Å². The smallest absolute Gasteiger partial charge is 0.252 e. The summed E-state index contributed by atoms with van der Waals surface area (Å²) in [6, 6.07) is 7.98. The van der Waals surface area contributed by atoms with E-state index in [2.05, 4.69) is 24.1 Å². The fraction of sp³-hybridized carbons (Fsp3) is 0.545. The number of rotatable bonds is 5. The van der Waals surface area contributed by atoms with E-state index < -0.39 is 0 Å². The summed E-state index contributed by atoms with van der Waals surface area (Å²) in [6.07, 6.45) is 3.05. The minimum Gasteiger partial charge on any atom is -0.374 e. The third-order valence-corrected chi connectivity index (χ3v) is 5.48. The van der Waals surface area contributed by atoms with Crippen molar-refractivity contribution in [2.24, 2.45) is 5.92 Å². The number of para-hydroxylation sites is 1. The maximum atomic E-state index is 13.1. The molecule has 0 spiro atoms. The molecule has 2 heterocycles. The van der Waals surface area contributed by atoms with Crippen LogP contribution in [0.5, 0.6) is 0 Å². The zero-order valence-electron chi connectivity index (χ0n) is 16.3. The number of aromatic nitrogens is 1. The van der Waals surface area contributed by atoms with Crippen molar-refractivity contribution in [3.63, 3.8) is 0 Å². The van der Waals surface area contributed by atoms with Crippen LogP contribution in [-0.4, -0.2) is 54.7 Å². The van der Waals surface area contributed by atoms with Gasteiger partial charge in [-0.05, 0) is 36.8 Å². The van der Waals surface area contributed by atoms with Gasteiger partial charge >= 0.3 is 0 Å². The molecule has 1 saturated heterocycles. The molecule has 2 aliphatic rings. The number of nitrogens with one attached hydrogen (secondary N) is 1. The van der Waals surface area contributed by atoms with Crippen molar-refractivity contribution in [1.29, 1.82) is 0 Å². The largest absolute Gasteiger partial charge is 0.374 e. The third-order valence-electron chi connectivity index (χ3n) is 5.48. The van der Waals surface area contributed by atoms with E-state index in [1.54, 1.807) is 0 Å². The molecule has 1 aromatic heterocycles. The highest BCUT2D eigenvalue weighted by molar-refractivity contribution is 6.07. The lowest BCUT2D eigenvalue weighted by Crippen LogP contribution is -2.48. The first-order chi connectivity index (χ1) is 13.1. The van der Waals surface area contributed by atoms with Crippen LogP contribution in [0.1, 0.15) is 41.9 Å². The molecule has 1 aromatic carbocycles. The number of morpholine rings is 1. The van der Waals surface area contributed by atoms with E-state index in [0.717, 1.165) is 73.2 Å². The lowest BCUT2D eigenvalue weighted by molar-refractivity contribution is -0.0295. The molecular formula is C22H29N3O2. The van der Waals surface area contributed by atoms with Gasteiger partial charge in [-0.25, -0.2) is 0 Å². The molecule has 1 aliphatic carbocycles. The maximum absolute atomic E-state index is 13.1. The van der Waals surface area contributed by atoms with E-state index in [9.17, 15) is 4.79 Å². The molecule has 0 radical (unpaired) electrons. The second kappa shape index (κ2) is 7.95. The van der Waals surface area contributed by atoms with Gasteiger partial charge in [0.05, 0.1) is 23.8 Å².